The second kappa shape index (κ2) is 8.31. The maximum atomic E-state index is 12.8. The third-order valence-electron chi connectivity index (χ3n) is 4.85. The van der Waals surface area contributed by atoms with Crippen molar-refractivity contribution in [2.24, 2.45) is 0 Å². The summed E-state index contributed by atoms with van der Waals surface area (Å²) in [4.78, 5) is 37.6. The van der Waals surface area contributed by atoms with Gasteiger partial charge in [0.2, 0.25) is 17.4 Å². The highest BCUT2D eigenvalue weighted by Gasteiger charge is 2.34. The molecule has 0 radical (unpaired) electrons. The van der Waals surface area contributed by atoms with Crippen LogP contribution in [0.25, 0.3) is 0 Å². The van der Waals surface area contributed by atoms with Crippen molar-refractivity contribution in [3.05, 3.63) is 76.2 Å². The molecule has 0 amide bonds. The summed E-state index contributed by atoms with van der Waals surface area (Å²) in [7, 11) is 0. The van der Waals surface area contributed by atoms with E-state index < -0.39 is 17.9 Å². The fourth-order valence-corrected chi connectivity index (χ4v) is 3.08. The molecule has 0 saturated carbocycles. The molecule has 1 aliphatic heterocycles. The molecule has 6 nitrogen and oxygen atoms in total. The smallest absolute Gasteiger partial charge is 0.348 e. The highest BCUT2D eigenvalue weighted by atomic mass is 16.6. The maximum absolute atomic E-state index is 12.8. The van der Waals surface area contributed by atoms with Gasteiger partial charge in [-0.1, -0.05) is 24.3 Å². The number of esters is 1. The number of hydrogen-bond donors (Lipinski definition) is 1. The summed E-state index contributed by atoms with van der Waals surface area (Å²) in [6.07, 6.45) is -1.04. The molecule has 0 aromatic heterocycles. The van der Waals surface area contributed by atoms with Gasteiger partial charge in [0, 0.05) is 11.3 Å². The van der Waals surface area contributed by atoms with Crippen LogP contribution in [0.15, 0.2) is 53.9 Å². The third-order valence-corrected chi connectivity index (χ3v) is 4.85. The van der Waals surface area contributed by atoms with E-state index in [1.807, 2.05) is 45.0 Å². The Morgan fingerprint density at radius 3 is 2.38 bits per heavy atom. The summed E-state index contributed by atoms with van der Waals surface area (Å²) in [5, 5.41) is 2.91. The van der Waals surface area contributed by atoms with Crippen LogP contribution in [-0.4, -0.2) is 30.2 Å². The number of nitrogens with one attached hydrogen (secondary N) is 1. The molecule has 1 aliphatic rings. The van der Waals surface area contributed by atoms with Gasteiger partial charge < -0.3 is 14.8 Å². The number of hydrogen-bond acceptors (Lipinski definition) is 6. The second-order valence-corrected chi connectivity index (χ2v) is 7.07. The zero-order valence-corrected chi connectivity index (χ0v) is 16.9. The molecule has 0 saturated heterocycles. The first-order valence-corrected chi connectivity index (χ1v) is 9.33. The van der Waals surface area contributed by atoms with Crippen molar-refractivity contribution in [1.82, 2.24) is 0 Å². The van der Waals surface area contributed by atoms with Crippen LogP contribution in [0.4, 0.5) is 5.69 Å². The van der Waals surface area contributed by atoms with Crippen molar-refractivity contribution in [3.63, 3.8) is 0 Å². The Morgan fingerprint density at radius 1 is 1.03 bits per heavy atom. The molecule has 3 rings (SSSR count). The predicted octanol–water partition coefficient (Wildman–Crippen LogP) is 3.65. The Labute approximate surface area is 169 Å². The van der Waals surface area contributed by atoms with Gasteiger partial charge in [0.15, 0.2) is 18.3 Å². The van der Waals surface area contributed by atoms with E-state index in [0.717, 1.165) is 16.7 Å². The summed E-state index contributed by atoms with van der Waals surface area (Å²) in [6.45, 7) is 6.98. The Morgan fingerprint density at radius 2 is 1.69 bits per heavy atom. The van der Waals surface area contributed by atoms with E-state index in [0.29, 0.717) is 11.3 Å². The highest BCUT2D eigenvalue weighted by Crippen LogP contribution is 2.22. The number of ketones is 2. The third kappa shape index (κ3) is 4.37. The topological polar surface area (TPSA) is 81.7 Å². The summed E-state index contributed by atoms with van der Waals surface area (Å²) in [6, 6.07) is 12.7. The quantitative estimate of drug-likeness (QED) is 0.458. The van der Waals surface area contributed by atoms with Crippen molar-refractivity contribution in [1.29, 1.82) is 0 Å². The van der Waals surface area contributed by atoms with Crippen molar-refractivity contribution in [2.75, 3.05) is 11.9 Å². The summed E-state index contributed by atoms with van der Waals surface area (Å²) < 4.78 is 10.6. The molecule has 150 valence electrons. The van der Waals surface area contributed by atoms with Gasteiger partial charge in [0.1, 0.15) is 0 Å². The van der Waals surface area contributed by atoms with E-state index in [1.54, 1.807) is 18.2 Å². The lowest BCUT2D eigenvalue weighted by Crippen LogP contribution is -2.28. The average Bonchev–Trinajstić information content (AvgIpc) is 3.05. The lowest BCUT2D eigenvalue weighted by Gasteiger charge is -2.15. The lowest BCUT2D eigenvalue weighted by atomic mass is 9.96. The molecule has 6 heteroatoms. The minimum atomic E-state index is -1.04. The molecule has 0 bridgehead atoms. The summed E-state index contributed by atoms with van der Waals surface area (Å²) in [5.74, 6) is -1.65. The Bertz CT molecular complexity index is 1010. The Kier molecular flexibility index (Phi) is 5.82. The summed E-state index contributed by atoms with van der Waals surface area (Å²) >= 11 is 0. The Balaban J connectivity index is 1.79. The number of carbonyl (C=O) groups excluding carboxylic acids is 3. The van der Waals surface area contributed by atoms with Gasteiger partial charge in [0.05, 0.1) is 0 Å². The van der Waals surface area contributed by atoms with Gasteiger partial charge in [-0.15, -0.1) is 0 Å². The standard InChI is InChI=1S/C23H23NO5/c1-13-10-15(3)18(11-14(13)2)21(26)16(4)29-23(27)20-19(25)12-28-22(20)24-17-8-6-5-7-9-17/h5-11,16,24H,12H2,1-4H3/t16-/m1/s1. The number of carbonyl (C=O) groups is 3. The van der Waals surface area contributed by atoms with Gasteiger partial charge >= 0.3 is 5.97 Å². The molecule has 2 aromatic rings. The fraction of sp³-hybridized carbons (Fsp3) is 0.261. The average molecular weight is 393 g/mol. The largest absolute Gasteiger partial charge is 0.470 e. The van der Waals surface area contributed by atoms with E-state index in [1.165, 1.54) is 6.92 Å². The first-order chi connectivity index (χ1) is 13.8. The van der Waals surface area contributed by atoms with Crippen molar-refractivity contribution in [2.45, 2.75) is 33.8 Å². The lowest BCUT2D eigenvalue weighted by molar-refractivity contribution is -0.142. The van der Waals surface area contributed by atoms with Crippen LogP contribution in [0.2, 0.25) is 0 Å². The Hall–Kier alpha value is -3.41. The number of Topliss-reactive ketones (excluding diaryl/α,β-unsaturated/α-hetero) is 2. The van der Waals surface area contributed by atoms with Crippen molar-refractivity contribution < 1.29 is 23.9 Å². The number of aryl methyl sites for hydroxylation is 3. The minimum Gasteiger partial charge on any atom is -0.470 e. The first-order valence-electron chi connectivity index (χ1n) is 9.33. The monoisotopic (exact) mass is 393 g/mol. The molecule has 1 heterocycles. The molecule has 0 fully saturated rings. The molecule has 0 unspecified atom stereocenters. The molecular weight excluding hydrogens is 370 g/mol. The molecule has 2 aromatic carbocycles. The van der Waals surface area contributed by atoms with Gasteiger partial charge in [-0.2, -0.15) is 0 Å². The molecule has 1 N–H and O–H groups in total. The SMILES string of the molecule is Cc1cc(C)c(C(=O)[C@@H](C)OC(=O)C2=C(Nc3ccccc3)OCC2=O)cc1C. The van der Waals surface area contributed by atoms with E-state index in [9.17, 15) is 14.4 Å². The van der Waals surface area contributed by atoms with Gasteiger partial charge in [-0.25, -0.2) is 4.79 Å². The zero-order chi connectivity index (χ0) is 21.1. The predicted molar refractivity (Wildman–Crippen MR) is 109 cm³/mol. The maximum Gasteiger partial charge on any atom is 0.348 e. The molecule has 0 spiro atoms. The van der Waals surface area contributed by atoms with Crippen LogP contribution in [0.3, 0.4) is 0 Å². The summed E-state index contributed by atoms with van der Waals surface area (Å²) in [5.41, 5.74) is 3.82. The molecule has 0 aliphatic carbocycles. The number of ether oxygens (including phenoxy) is 2. The van der Waals surface area contributed by atoms with Crippen LogP contribution >= 0.6 is 0 Å². The minimum absolute atomic E-state index is 0.0354. The van der Waals surface area contributed by atoms with Crippen LogP contribution in [0.1, 0.15) is 34.0 Å². The van der Waals surface area contributed by atoms with Gasteiger partial charge in [-0.05, 0) is 62.6 Å². The highest BCUT2D eigenvalue weighted by molar-refractivity contribution is 6.20. The fourth-order valence-electron chi connectivity index (χ4n) is 3.08. The first kappa shape index (κ1) is 20.3. The number of rotatable bonds is 6. The molecule has 1 atom stereocenters. The van der Waals surface area contributed by atoms with Crippen LogP contribution in [0, 0.1) is 20.8 Å². The number of anilines is 1. The van der Waals surface area contributed by atoms with Crippen molar-refractivity contribution >= 4 is 23.2 Å². The van der Waals surface area contributed by atoms with Crippen LogP contribution in [-0.2, 0) is 19.1 Å². The second-order valence-electron chi connectivity index (χ2n) is 7.07. The van der Waals surface area contributed by atoms with Crippen molar-refractivity contribution in [3.8, 4) is 0 Å². The zero-order valence-electron chi connectivity index (χ0n) is 16.9. The van der Waals surface area contributed by atoms with Crippen LogP contribution in [0.5, 0.6) is 0 Å². The molecule has 29 heavy (non-hydrogen) atoms. The number of benzene rings is 2. The normalized spacial score (nSPS) is 14.4. The van der Waals surface area contributed by atoms with Gasteiger partial charge in [0.25, 0.3) is 0 Å². The van der Waals surface area contributed by atoms with E-state index >= 15 is 0 Å². The van der Waals surface area contributed by atoms with Gasteiger partial charge in [-0.3, -0.25) is 9.59 Å². The van der Waals surface area contributed by atoms with Crippen LogP contribution < -0.4 is 5.32 Å². The van der Waals surface area contributed by atoms with E-state index in [2.05, 4.69) is 5.32 Å². The van der Waals surface area contributed by atoms with E-state index in [-0.39, 0.29) is 23.8 Å². The molecular formula is C23H23NO5. The number of para-hydroxylation sites is 1. The van der Waals surface area contributed by atoms with E-state index in [4.69, 9.17) is 9.47 Å².